The van der Waals surface area contributed by atoms with Crippen molar-refractivity contribution in [3.05, 3.63) is 53.6 Å². The van der Waals surface area contributed by atoms with Crippen LogP contribution in [0.3, 0.4) is 0 Å². The number of carbonyl (C=O) groups is 1. The van der Waals surface area contributed by atoms with E-state index in [1.165, 1.54) is 6.21 Å². The highest BCUT2D eigenvalue weighted by atomic mass is 16.5. The molecule has 0 unspecified atom stereocenters. The summed E-state index contributed by atoms with van der Waals surface area (Å²) < 4.78 is 16.4. The summed E-state index contributed by atoms with van der Waals surface area (Å²) in [6.07, 6.45) is 1.44. The van der Waals surface area contributed by atoms with Gasteiger partial charge in [0.2, 0.25) is 0 Å². The predicted molar refractivity (Wildman–Crippen MR) is 90.6 cm³/mol. The van der Waals surface area contributed by atoms with Gasteiger partial charge in [0.15, 0.2) is 11.5 Å². The fraction of sp³-hybridized carbons (Fsp3) is 0.176. The van der Waals surface area contributed by atoms with Crippen LogP contribution >= 0.6 is 0 Å². The molecule has 7 nitrogen and oxygen atoms in total. The highest BCUT2D eigenvalue weighted by molar-refractivity contribution is 5.86. The highest BCUT2D eigenvalue weighted by Crippen LogP contribution is 2.31. The van der Waals surface area contributed by atoms with Crippen LogP contribution in [0.4, 0.5) is 4.79 Å². The van der Waals surface area contributed by atoms with Gasteiger partial charge in [-0.15, -0.1) is 0 Å². The zero-order valence-corrected chi connectivity index (χ0v) is 13.5. The first-order valence-electron chi connectivity index (χ1n) is 7.15. The maximum Gasteiger partial charge on any atom is 0.332 e. The number of hydrogen-bond donors (Lipinski definition) is 2. The fourth-order valence-corrected chi connectivity index (χ4v) is 2.03. The molecule has 0 aliphatic carbocycles. The lowest BCUT2D eigenvalue weighted by Gasteiger charge is -2.13. The van der Waals surface area contributed by atoms with E-state index in [4.69, 9.17) is 19.9 Å². The van der Waals surface area contributed by atoms with E-state index < -0.39 is 6.03 Å². The van der Waals surface area contributed by atoms with Crippen LogP contribution in [-0.2, 0) is 6.61 Å². The molecule has 0 aromatic heterocycles. The minimum Gasteiger partial charge on any atom is -0.497 e. The number of methoxy groups -OCH3 is 2. The third-order valence-electron chi connectivity index (χ3n) is 3.12. The van der Waals surface area contributed by atoms with Crippen molar-refractivity contribution in [3.8, 4) is 17.2 Å². The zero-order valence-electron chi connectivity index (χ0n) is 13.5. The number of hydrazone groups is 1. The number of hydrogen-bond acceptors (Lipinski definition) is 5. The summed E-state index contributed by atoms with van der Waals surface area (Å²) in [6, 6.07) is 12.2. The van der Waals surface area contributed by atoms with Crippen LogP contribution in [0.25, 0.3) is 0 Å². The van der Waals surface area contributed by atoms with Gasteiger partial charge in [-0.2, -0.15) is 5.10 Å². The number of rotatable bonds is 7. The smallest absolute Gasteiger partial charge is 0.332 e. The summed E-state index contributed by atoms with van der Waals surface area (Å²) >= 11 is 0. The molecule has 2 aromatic carbocycles. The Hall–Kier alpha value is -3.22. The third kappa shape index (κ3) is 4.64. The maximum atomic E-state index is 10.7. The Morgan fingerprint density at radius 1 is 1.21 bits per heavy atom. The molecule has 3 N–H and O–H groups in total. The first kappa shape index (κ1) is 17.1. The number of nitrogens with one attached hydrogen (secondary N) is 1. The van der Waals surface area contributed by atoms with Gasteiger partial charge in [-0.25, -0.2) is 10.2 Å². The molecule has 0 saturated heterocycles. The van der Waals surface area contributed by atoms with Crippen molar-refractivity contribution in [2.45, 2.75) is 6.61 Å². The van der Waals surface area contributed by atoms with E-state index >= 15 is 0 Å². The topological polar surface area (TPSA) is 95.2 Å². The van der Waals surface area contributed by atoms with Gasteiger partial charge in [0.05, 0.1) is 20.4 Å². The normalized spacial score (nSPS) is 10.4. The lowest BCUT2D eigenvalue weighted by molar-refractivity contribution is 0.249. The number of benzene rings is 2. The van der Waals surface area contributed by atoms with Gasteiger partial charge in [-0.05, 0) is 29.8 Å². The number of nitrogens with zero attached hydrogens (tertiary/aromatic N) is 1. The van der Waals surface area contributed by atoms with Crippen molar-refractivity contribution in [2.75, 3.05) is 14.2 Å². The van der Waals surface area contributed by atoms with Crippen molar-refractivity contribution >= 4 is 12.2 Å². The molecule has 0 saturated carbocycles. The van der Waals surface area contributed by atoms with Crippen molar-refractivity contribution in [1.29, 1.82) is 0 Å². The van der Waals surface area contributed by atoms with E-state index in [1.54, 1.807) is 32.4 Å². The molecule has 0 aliphatic heterocycles. The molecule has 0 fully saturated rings. The molecule has 0 spiro atoms. The number of primary amides is 1. The molecule has 7 heteroatoms. The summed E-state index contributed by atoms with van der Waals surface area (Å²) in [5.74, 6) is 1.82. The Morgan fingerprint density at radius 3 is 2.71 bits per heavy atom. The molecule has 2 rings (SSSR count). The summed E-state index contributed by atoms with van der Waals surface area (Å²) in [5.41, 5.74) is 8.71. The molecule has 0 atom stereocenters. The lowest BCUT2D eigenvalue weighted by atomic mass is 10.2. The Kier molecular flexibility index (Phi) is 6.01. The Balaban J connectivity index is 2.20. The predicted octanol–water partition coefficient (Wildman–Crippen LogP) is 2.29. The van der Waals surface area contributed by atoms with Crippen LogP contribution in [-0.4, -0.2) is 26.5 Å². The minimum atomic E-state index is -0.743. The molecule has 2 amide bonds. The van der Waals surface area contributed by atoms with Crippen LogP contribution in [0.15, 0.2) is 47.6 Å². The average Bonchev–Trinajstić information content (AvgIpc) is 2.60. The van der Waals surface area contributed by atoms with E-state index in [0.717, 1.165) is 11.3 Å². The highest BCUT2D eigenvalue weighted by Gasteiger charge is 2.10. The van der Waals surface area contributed by atoms with Crippen LogP contribution in [0.1, 0.15) is 11.1 Å². The lowest BCUT2D eigenvalue weighted by Crippen LogP contribution is -2.24. The summed E-state index contributed by atoms with van der Waals surface area (Å²) in [4.78, 5) is 10.7. The number of amides is 2. The standard InChI is InChI=1S/C17H19N3O4/c1-22-14-7-3-5-12(9-14)11-24-16-13(10-19-20-17(18)21)6-4-8-15(16)23-2/h3-10H,11H2,1-2H3,(H3,18,20,21). The van der Waals surface area contributed by atoms with Gasteiger partial charge in [0.25, 0.3) is 0 Å². The molecular formula is C17H19N3O4. The SMILES string of the molecule is COc1cccc(COc2c(C=NNC(N)=O)cccc2OC)c1. The molecule has 0 heterocycles. The first-order chi connectivity index (χ1) is 11.6. The van der Waals surface area contributed by atoms with Crippen LogP contribution < -0.4 is 25.4 Å². The number of urea groups is 1. The van der Waals surface area contributed by atoms with Crippen molar-refractivity contribution in [3.63, 3.8) is 0 Å². The molecule has 0 radical (unpaired) electrons. The van der Waals surface area contributed by atoms with Gasteiger partial charge in [0.1, 0.15) is 12.4 Å². The summed E-state index contributed by atoms with van der Waals surface area (Å²) in [7, 11) is 3.16. The van der Waals surface area contributed by atoms with Crippen molar-refractivity contribution in [1.82, 2.24) is 5.43 Å². The van der Waals surface area contributed by atoms with Gasteiger partial charge < -0.3 is 19.9 Å². The number of para-hydroxylation sites is 1. The number of nitrogens with two attached hydrogens (primary N) is 1. The number of carbonyl (C=O) groups excluding carboxylic acids is 1. The Labute approximate surface area is 140 Å². The summed E-state index contributed by atoms with van der Waals surface area (Å²) in [5, 5.41) is 3.75. The van der Waals surface area contributed by atoms with Crippen molar-refractivity contribution < 1.29 is 19.0 Å². The van der Waals surface area contributed by atoms with E-state index in [-0.39, 0.29) is 0 Å². The van der Waals surface area contributed by atoms with Gasteiger partial charge >= 0.3 is 6.03 Å². The Morgan fingerprint density at radius 2 is 2.00 bits per heavy atom. The monoisotopic (exact) mass is 329 g/mol. The minimum absolute atomic E-state index is 0.321. The number of ether oxygens (including phenoxy) is 3. The van der Waals surface area contributed by atoms with Gasteiger partial charge in [-0.1, -0.05) is 18.2 Å². The molecular weight excluding hydrogens is 310 g/mol. The van der Waals surface area contributed by atoms with Crippen LogP contribution in [0.5, 0.6) is 17.2 Å². The first-order valence-corrected chi connectivity index (χ1v) is 7.15. The average molecular weight is 329 g/mol. The maximum absolute atomic E-state index is 10.7. The van der Waals surface area contributed by atoms with Crippen molar-refractivity contribution in [2.24, 2.45) is 10.8 Å². The molecule has 126 valence electrons. The quantitative estimate of drug-likeness (QED) is 0.602. The second-order valence-electron chi connectivity index (χ2n) is 4.75. The molecule has 24 heavy (non-hydrogen) atoms. The largest absolute Gasteiger partial charge is 0.497 e. The van der Waals surface area contributed by atoms with Crippen LogP contribution in [0.2, 0.25) is 0 Å². The van der Waals surface area contributed by atoms with Gasteiger partial charge in [0, 0.05) is 5.56 Å². The third-order valence-corrected chi connectivity index (χ3v) is 3.12. The zero-order chi connectivity index (χ0) is 17.4. The molecule has 2 aromatic rings. The molecule has 0 bridgehead atoms. The van der Waals surface area contributed by atoms with E-state index in [2.05, 4.69) is 10.5 Å². The molecule has 0 aliphatic rings. The fourth-order valence-electron chi connectivity index (χ4n) is 2.03. The van der Waals surface area contributed by atoms with Crippen LogP contribution in [0, 0.1) is 0 Å². The Bertz CT molecular complexity index is 732. The van der Waals surface area contributed by atoms with Gasteiger partial charge in [-0.3, -0.25) is 0 Å². The second kappa shape index (κ2) is 8.42. The van der Waals surface area contributed by atoms with E-state index in [1.807, 2.05) is 24.3 Å². The van der Waals surface area contributed by atoms with E-state index in [9.17, 15) is 4.79 Å². The van der Waals surface area contributed by atoms with E-state index in [0.29, 0.717) is 23.7 Å². The second-order valence-corrected chi connectivity index (χ2v) is 4.75. The summed E-state index contributed by atoms with van der Waals surface area (Å²) in [6.45, 7) is 0.321.